The quantitative estimate of drug-likeness (QED) is 0.858. The van der Waals surface area contributed by atoms with Gasteiger partial charge in [0, 0.05) is 30.1 Å². The fourth-order valence-corrected chi connectivity index (χ4v) is 1.85. The molecule has 0 atom stereocenters. The molecule has 1 N–H and O–H groups in total. The summed E-state index contributed by atoms with van der Waals surface area (Å²) in [6.07, 6.45) is 1.81. The van der Waals surface area contributed by atoms with E-state index in [0.29, 0.717) is 0 Å². The lowest BCUT2D eigenvalue weighted by Crippen LogP contribution is -2.02. The maximum absolute atomic E-state index is 4.51. The molecule has 4 nitrogen and oxygen atoms in total. The molecule has 0 fully saturated rings. The van der Waals surface area contributed by atoms with E-state index in [9.17, 15) is 0 Å². The molecule has 0 aliphatic rings. The highest BCUT2D eigenvalue weighted by Gasteiger charge is 2.10. The zero-order valence-corrected chi connectivity index (χ0v) is 10.6. The van der Waals surface area contributed by atoms with E-state index in [2.05, 4.69) is 20.3 Å². The minimum Gasteiger partial charge on any atom is -0.373 e. The van der Waals surface area contributed by atoms with E-state index in [-0.39, 0.29) is 0 Å². The Morgan fingerprint density at radius 3 is 2.53 bits per heavy atom. The lowest BCUT2D eigenvalue weighted by atomic mass is 10.1. The van der Waals surface area contributed by atoms with Crippen molar-refractivity contribution in [2.24, 2.45) is 0 Å². The third kappa shape index (κ3) is 2.25. The van der Waals surface area contributed by atoms with Crippen LogP contribution < -0.4 is 5.32 Å². The van der Waals surface area contributed by atoms with Gasteiger partial charge in [0.25, 0.3) is 0 Å². The first-order valence-electron chi connectivity index (χ1n) is 5.58. The van der Waals surface area contributed by atoms with Crippen molar-refractivity contribution in [1.29, 1.82) is 0 Å². The molecule has 2 aromatic heterocycles. The average Bonchev–Trinajstić information content (AvgIpc) is 2.31. The summed E-state index contributed by atoms with van der Waals surface area (Å²) in [7, 11) is 1.87. The van der Waals surface area contributed by atoms with Crippen molar-refractivity contribution in [2.75, 3.05) is 12.4 Å². The van der Waals surface area contributed by atoms with E-state index >= 15 is 0 Å². The molecule has 2 rings (SSSR count). The van der Waals surface area contributed by atoms with Crippen molar-refractivity contribution < 1.29 is 0 Å². The van der Waals surface area contributed by atoms with Crippen LogP contribution in [0.2, 0.25) is 0 Å². The van der Waals surface area contributed by atoms with Crippen molar-refractivity contribution in [3.63, 3.8) is 0 Å². The van der Waals surface area contributed by atoms with Crippen molar-refractivity contribution in [1.82, 2.24) is 15.0 Å². The SMILES string of the molecule is CNc1nc(C)nc(-c2ccnc(C)c2)c1C. The third-order valence-corrected chi connectivity index (χ3v) is 2.66. The summed E-state index contributed by atoms with van der Waals surface area (Å²) in [5.41, 5.74) is 4.09. The molecule has 0 amide bonds. The zero-order chi connectivity index (χ0) is 12.4. The van der Waals surface area contributed by atoms with Crippen molar-refractivity contribution >= 4 is 5.82 Å². The van der Waals surface area contributed by atoms with Crippen LogP contribution in [-0.2, 0) is 0 Å². The number of anilines is 1. The zero-order valence-electron chi connectivity index (χ0n) is 10.6. The van der Waals surface area contributed by atoms with E-state index in [1.54, 1.807) is 6.20 Å². The summed E-state index contributed by atoms with van der Waals surface area (Å²) < 4.78 is 0. The van der Waals surface area contributed by atoms with Gasteiger partial charge < -0.3 is 5.32 Å². The molecule has 0 unspecified atom stereocenters. The fourth-order valence-electron chi connectivity index (χ4n) is 1.85. The second kappa shape index (κ2) is 4.49. The Morgan fingerprint density at radius 2 is 1.88 bits per heavy atom. The molecular weight excluding hydrogens is 212 g/mol. The minimum absolute atomic E-state index is 0.768. The normalized spacial score (nSPS) is 10.4. The van der Waals surface area contributed by atoms with E-state index in [4.69, 9.17) is 0 Å². The van der Waals surface area contributed by atoms with Gasteiger partial charge in [0.2, 0.25) is 0 Å². The highest BCUT2D eigenvalue weighted by molar-refractivity contribution is 5.68. The van der Waals surface area contributed by atoms with E-state index in [1.807, 2.05) is 40.0 Å². The molecular formula is C13H16N4. The monoisotopic (exact) mass is 228 g/mol. The van der Waals surface area contributed by atoms with Gasteiger partial charge in [-0.3, -0.25) is 4.98 Å². The number of rotatable bonds is 2. The van der Waals surface area contributed by atoms with Gasteiger partial charge in [-0.05, 0) is 32.9 Å². The van der Waals surface area contributed by atoms with E-state index in [0.717, 1.165) is 34.2 Å². The molecule has 88 valence electrons. The van der Waals surface area contributed by atoms with Crippen molar-refractivity contribution in [3.8, 4) is 11.3 Å². The summed E-state index contributed by atoms with van der Waals surface area (Å²) in [6.45, 7) is 5.90. The molecule has 0 radical (unpaired) electrons. The maximum atomic E-state index is 4.51. The van der Waals surface area contributed by atoms with Crippen LogP contribution in [0.3, 0.4) is 0 Å². The standard InChI is InChI=1S/C13H16N4/c1-8-7-11(5-6-15-8)12-9(2)13(14-4)17-10(3)16-12/h5-7H,1-4H3,(H,14,16,17). The lowest BCUT2D eigenvalue weighted by Gasteiger charge is -2.11. The number of hydrogen-bond donors (Lipinski definition) is 1. The molecule has 4 heteroatoms. The van der Waals surface area contributed by atoms with Gasteiger partial charge in [0.05, 0.1) is 5.69 Å². The molecule has 17 heavy (non-hydrogen) atoms. The van der Waals surface area contributed by atoms with Crippen LogP contribution in [0.1, 0.15) is 17.1 Å². The average molecular weight is 228 g/mol. The second-order valence-electron chi connectivity index (χ2n) is 4.03. The first kappa shape index (κ1) is 11.5. The van der Waals surface area contributed by atoms with Gasteiger partial charge in [-0.25, -0.2) is 9.97 Å². The summed E-state index contributed by atoms with van der Waals surface area (Å²) in [6, 6.07) is 4.01. The van der Waals surface area contributed by atoms with Crippen LogP contribution >= 0.6 is 0 Å². The highest BCUT2D eigenvalue weighted by atomic mass is 15.0. The Hall–Kier alpha value is -1.97. The smallest absolute Gasteiger partial charge is 0.132 e. The summed E-state index contributed by atoms with van der Waals surface area (Å²) in [5, 5.41) is 3.09. The van der Waals surface area contributed by atoms with E-state index in [1.165, 1.54) is 0 Å². The number of nitrogens with one attached hydrogen (secondary N) is 1. The largest absolute Gasteiger partial charge is 0.373 e. The molecule has 0 saturated carbocycles. The molecule has 0 bridgehead atoms. The van der Waals surface area contributed by atoms with Crippen LogP contribution in [0.4, 0.5) is 5.82 Å². The Morgan fingerprint density at radius 1 is 1.12 bits per heavy atom. The fraction of sp³-hybridized carbons (Fsp3) is 0.308. The van der Waals surface area contributed by atoms with Crippen LogP contribution in [0.5, 0.6) is 0 Å². The predicted octanol–water partition coefficient (Wildman–Crippen LogP) is 2.51. The van der Waals surface area contributed by atoms with Gasteiger partial charge in [-0.1, -0.05) is 0 Å². The number of pyridine rings is 1. The summed E-state index contributed by atoms with van der Waals surface area (Å²) in [5.74, 6) is 1.64. The number of nitrogens with zero attached hydrogens (tertiary/aromatic N) is 3. The van der Waals surface area contributed by atoms with Gasteiger partial charge >= 0.3 is 0 Å². The molecule has 2 heterocycles. The van der Waals surface area contributed by atoms with E-state index < -0.39 is 0 Å². The first-order chi connectivity index (χ1) is 8.11. The Balaban J connectivity index is 2.63. The van der Waals surface area contributed by atoms with Gasteiger partial charge in [0.1, 0.15) is 11.6 Å². The Bertz CT molecular complexity index is 549. The van der Waals surface area contributed by atoms with Gasteiger partial charge in [-0.15, -0.1) is 0 Å². The summed E-state index contributed by atoms with van der Waals surface area (Å²) >= 11 is 0. The molecule has 0 saturated heterocycles. The maximum Gasteiger partial charge on any atom is 0.132 e. The van der Waals surface area contributed by atoms with Crippen LogP contribution in [0.15, 0.2) is 18.3 Å². The van der Waals surface area contributed by atoms with Crippen molar-refractivity contribution in [3.05, 3.63) is 35.4 Å². The molecule has 0 aliphatic carbocycles. The third-order valence-electron chi connectivity index (χ3n) is 2.66. The van der Waals surface area contributed by atoms with Gasteiger partial charge in [-0.2, -0.15) is 0 Å². The van der Waals surface area contributed by atoms with Crippen molar-refractivity contribution in [2.45, 2.75) is 20.8 Å². The first-order valence-corrected chi connectivity index (χ1v) is 5.58. The summed E-state index contributed by atoms with van der Waals surface area (Å²) in [4.78, 5) is 13.1. The topological polar surface area (TPSA) is 50.7 Å². The molecule has 0 aromatic carbocycles. The predicted molar refractivity (Wildman–Crippen MR) is 69.0 cm³/mol. The minimum atomic E-state index is 0.768. The van der Waals surface area contributed by atoms with Crippen LogP contribution in [-0.4, -0.2) is 22.0 Å². The number of hydrogen-bond acceptors (Lipinski definition) is 4. The molecule has 0 spiro atoms. The number of aryl methyl sites for hydroxylation is 2. The Kier molecular flexibility index (Phi) is 3.04. The van der Waals surface area contributed by atoms with Crippen LogP contribution in [0, 0.1) is 20.8 Å². The molecule has 2 aromatic rings. The van der Waals surface area contributed by atoms with Gasteiger partial charge in [0.15, 0.2) is 0 Å². The number of aromatic nitrogens is 3. The second-order valence-corrected chi connectivity index (χ2v) is 4.03. The highest BCUT2D eigenvalue weighted by Crippen LogP contribution is 2.25. The molecule has 0 aliphatic heterocycles. The lowest BCUT2D eigenvalue weighted by molar-refractivity contribution is 1.03. The Labute approximate surface area is 101 Å². The van der Waals surface area contributed by atoms with Crippen LogP contribution in [0.25, 0.3) is 11.3 Å².